The van der Waals surface area contributed by atoms with E-state index in [1.165, 1.54) is 0 Å². The molecule has 2 aromatic rings. The van der Waals surface area contributed by atoms with Crippen molar-refractivity contribution in [3.8, 4) is 11.5 Å². The third kappa shape index (κ3) is 3.83. The highest BCUT2D eigenvalue weighted by atomic mass is 35.5. The second-order valence-corrected chi connectivity index (χ2v) is 5.63. The molecule has 128 valence electrons. The average Bonchev–Trinajstić information content (AvgIpc) is 2.97. The molecule has 0 amide bonds. The molecule has 0 N–H and O–H groups in total. The number of cyclic esters (lactones) is 1. The molecule has 6 heteroatoms. The van der Waals surface area contributed by atoms with Crippen LogP contribution in [0.2, 0.25) is 5.02 Å². The van der Waals surface area contributed by atoms with Crippen LogP contribution < -0.4 is 9.47 Å². The molecule has 0 unspecified atom stereocenters. The van der Waals surface area contributed by atoms with Gasteiger partial charge in [0.05, 0.1) is 13.7 Å². The maximum absolute atomic E-state index is 12.1. The number of hydrogen-bond donors (Lipinski definition) is 0. The van der Waals surface area contributed by atoms with Crippen molar-refractivity contribution < 1.29 is 19.0 Å². The second kappa shape index (κ2) is 7.40. The lowest BCUT2D eigenvalue weighted by atomic mass is 10.1. The first-order valence-electron chi connectivity index (χ1n) is 7.70. The van der Waals surface area contributed by atoms with E-state index >= 15 is 0 Å². The number of benzene rings is 2. The third-order valence-electron chi connectivity index (χ3n) is 3.48. The van der Waals surface area contributed by atoms with Gasteiger partial charge < -0.3 is 14.2 Å². The van der Waals surface area contributed by atoms with Gasteiger partial charge in [0, 0.05) is 10.6 Å². The minimum absolute atomic E-state index is 0.209. The Bertz CT molecular complexity index is 873. The Kier molecular flexibility index (Phi) is 5.05. The fourth-order valence-electron chi connectivity index (χ4n) is 2.36. The number of hydrogen-bond acceptors (Lipinski definition) is 5. The van der Waals surface area contributed by atoms with Crippen molar-refractivity contribution in [2.45, 2.75) is 6.92 Å². The van der Waals surface area contributed by atoms with Crippen molar-refractivity contribution in [3.05, 3.63) is 64.3 Å². The Morgan fingerprint density at radius 3 is 2.76 bits per heavy atom. The Morgan fingerprint density at radius 1 is 1.20 bits per heavy atom. The largest absolute Gasteiger partial charge is 0.493 e. The van der Waals surface area contributed by atoms with Gasteiger partial charge in [-0.15, -0.1) is 0 Å². The molecule has 3 rings (SSSR count). The maximum atomic E-state index is 12.1. The molecule has 25 heavy (non-hydrogen) atoms. The number of nitrogens with zero attached hydrogens (tertiary/aromatic N) is 1. The molecular formula is C19H16ClNO4. The van der Waals surface area contributed by atoms with E-state index in [-0.39, 0.29) is 11.6 Å². The first kappa shape index (κ1) is 17.0. The van der Waals surface area contributed by atoms with Crippen LogP contribution in [0.4, 0.5) is 0 Å². The van der Waals surface area contributed by atoms with Crippen LogP contribution in [0.15, 0.2) is 53.2 Å². The predicted molar refractivity (Wildman–Crippen MR) is 96.2 cm³/mol. The lowest BCUT2D eigenvalue weighted by molar-refractivity contribution is -0.129. The van der Waals surface area contributed by atoms with Crippen molar-refractivity contribution in [3.63, 3.8) is 0 Å². The Hall–Kier alpha value is -2.79. The van der Waals surface area contributed by atoms with E-state index in [1.807, 2.05) is 13.0 Å². The van der Waals surface area contributed by atoms with Crippen LogP contribution in [0.3, 0.4) is 0 Å². The number of esters is 1. The zero-order valence-corrected chi connectivity index (χ0v) is 14.5. The van der Waals surface area contributed by atoms with E-state index in [9.17, 15) is 4.79 Å². The summed E-state index contributed by atoms with van der Waals surface area (Å²) in [5.74, 6) is 0.949. The summed E-state index contributed by atoms with van der Waals surface area (Å²) in [6.45, 7) is 2.44. The van der Waals surface area contributed by atoms with Gasteiger partial charge in [-0.05, 0) is 48.9 Å². The van der Waals surface area contributed by atoms with Crippen LogP contribution in [0.1, 0.15) is 18.1 Å². The van der Waals surface area contributed by atoms with E-state index in [1.54, 1.807) is 49.6 Å². The predicted octanol–water partition coefficient (Wildman–Crippen LogP) is 4.09. The van der Waals surface area contributed by atoms with Gasteiger partial charge in [0.2, 0.25) is 5.90 Å². The first-order valence-corrected chi connectivity index (χ1v) is 8.08. The van der Waals surface area contributed by atoms with E-state index in [0.717, 1.165) is 5.56 Å². The molecule has 0 aromatic heterocycles. The number of aliphatic imine (C=N–C) groups is 1. The van der Waals surface area contributed by atoms with Gasteiger partial charge in [-0.2, -0.15) is 0 Å². The van der Waals surface area contributed by atoms with Gasteiger partial charge in [-0.3, -0.25) is 0 Å². The molecule has 0 spiro atoms. The molecule has 1 aliphatic heterocycles. The van der Waals surface area contributed by atoms with Crippen LogP contribution in [0, 0.1) is 0 Å². The summed E-state index contributed by atoms with van der Waals surface area (Å²) < 4.78 is 16.0. The summed E-state index contributed by atoms with van der Waals surface area (Å²) >= 11 is 5.96. The molecule has 0 bridgehead atoms. The summed E-state index contributed by atoms with van der Waals surface area (Å²) in [6, 6.07) is 12.4. The fraction of sp³-hybridized carbons (Fsp3) is 0.158. The van der Waals surface area contributed by atoms with Gasteiger partial charge in [0.25, 0.3) is 0 Å². The number of carbonyl (C=O) groups is 1. The van der Waals surface area contributed by atoms with Crippen LogP contribution in [0.5, 0.6) is 11.5 Å². The summed E-state index contributed by atoms with van der Waals surface area (Å²) in [6.07, 6.45) is 1.64. The molecule has 2 aromatic carbocycles. The highest BCUT2D eigenvalue weighted by Crippen LogP contribution is 2.29. The molecule has 1 aliphatic rings. The topological polar surface area (TPSA) is 57.1 Å². The van der Waals surface area contributed by atoms with E-state index in [4.69, 9.17) is 25.8 Å². The number of halogens is 1. The van der Waals surface area contributed by atoms with Gasteiger partial charge in [-0.1, -0.05) is 23.7 Å². The number of rotatable bonds is 5. The standard InChI is InChI=1S/C19H16ClNO4/c1-3-24-16-8-7-12(10-17(16)23-2)9-15-19(22)25-18(21-15)13-5-4-6-14(20)11-13/h4-11H,3H2,1-2H3. The summed E-state index contributed by atoms with van der Waals surface area (Å²) in [5, 5.41) is 0.546. The molecule has 0 radical (unpaired) electrons. The second-order valence-electron chi connectivity index (χ2n) is 5.19. The van der Waals surface area contributed by atoms with Crippen LogP contribution in [-0.2, 0) is 9.53 Å². The van der Waals surface area contributed by atoms with Crippen molar-refractivity contribution in [2.24, 2.45) is 4.99 Å². The summed E-state index contributed by atoms with van der Waals surface area (Å²) in [4.78, 5) is 16.3. The Labute approximate surface area is 150 Å². The van der Waals surface area contributed by atoms with Gasteiger partial charge in [0.1, 0.15) is 0 Å². The van der Waals surface area contributed by atoms with Gasteiger partial charge in [-0.25, -0.2) is 9.79 Å². The number of carbonyl (C=O) groups excluding carboxylic acids is 1. The summed E-state index contributed by atoms with van der Waals surface area (Å²) in [5.41, 5.74) is 1.61. The average molecular weight is 358 g/mol. The molecule has 0 saturated heterocycles. The minimum Gasteiger partial charge on any atom is -0.493 e. The smallest absolute Gasteiger partial charge is 0.363 e. The molecule has 1 heterocycles. The van der Waals surface area contributed by atoms with Crippen LogP contribution >= 0.6 is 11.6 Å². The van der Waals surface area contributed by atoms with E-state index in [0.29, 0.717) is 28.7 Å². The number of ether oxygens (including phenoxy) is 3. The molecule has 0 aliphatic carbocycles. The number of methoxy groups -OCH3 is 1. The fourth-order valence-corrected chi connectivity index (χ4v) is 2.55. The Balaban J connectivity index is 1.91. The highest BCUT2D eigenvalue weighted by molar-refractivity contribution is 6.31. The zero-order valence-electron chi connectivity index (χ0n) is 13.8. The normalized spacial score (nSPS) is 15.1. The van der Waals surface area contributed by atoms with Crippen LogP contribution in [-0.4, -0.2) is 25.6 Å². The zero-order chi connectivity index (χ0) is 17.8. The minimum atomic E-state index is -0.511. The molecule has 5 nitrogen and oxygen atoms in total. The highest BCUT2D eigenvalue weighted by Gasteiger charge is 2.24. The van der Waals surface area contributed by atoms with Crippen molar-refractivity contribution >= 4 is 29.5 Å². The first-order chi connectivity index (χ1) is 12.1. The van der Waals surface area contributed by atoms with Crippen molar-refractivity contribution in [2.75, 3.05) is 13.7 Å². The van der Waals surface area contributed by atoms with Crippen LogP contribution in [0.25, 0.3) is 6.08 Å². The van der Waals surface area contributed by atoms with Crippen molar-refractivity contribution in [1.82, 2.24) is 0 Å². The molecule has 0 fully saturated rings. The lowest BCUT2D eigenvalue weighted by Crippen LogP contribution is -2.05. The van der Waals surface area contributed by atoms with Gasteiger partial charge >= 0.3 is 5.97 Å². The monoisotopic (exact) mass is 357 g/mol. The summed E-state index contributed by atoms with van der Waals surface area (Å²) in [7, 11) is 1.56. The van der Waals surface area contributed by atoms with E-state index < -0.39 is 5.97 Å². The quantitative estimate of drug-likeness (QED) is 0.597. The maximum Gasteiger partial charge on any atom is 0.363 e. The lowest BCUT2D eigenvalue weighted by Gasteiger charge is -2.09. The van der Waals surface area contributed by atoms with E-state index in [2.05, 4.69) is 4.99 Å². The van der Waals surface area contributed by atoms with Gasteiger partial charge in [0.15, 0.2) is 17.2 Å². The molecule has 0 saturated carbocycles. The Morgan fingerprint density at radius 2 is 2.04 bits per heavy atom. The SMILES string of the molecule is CCOc1ccc(C=C2N=C(c3cccc(Cl)c3)OC2=O)cc1OC. The third-order valence-corrected chi connectivity index (χ3v) is 3.72. The van der Waals surface area contributed by atoms with Crippen molar-refractivity contribution in [1.29, 1.82) is 0 Å². The molecular weight excluding hydrogens is 342 g/mol. The molecule has 0 atom stereocenters.